The van der Waals surface area contributed by atoms with Crippen LogP contribution < -0.4 is 15.4 Å². The molecule has 2 N–H and O–H groups in total. The SMILES string of the molecule is CCNC(=NCCc1ccccc1OC)NC1CCS(=O)(=O)C1. The van der Waals surface area contributed by atoms with E-state index in [2.05, 4.69) is 15.6 Å². The van der Waals surface area contributed by atoms with Crippen LogP contribution in [0.4, 0.5) is 0 Å². The molecule has 1 aromatic rings. The Balaban J connectivity index is 1.93. The molecule has 0 spiro atoms. The summed E-state index contributed by atoms with van der Waals surface area (Å²) >= 11 is 0. The molecule has 2 rings (SSSR count). The van der Waals surface area contributed by atoms with Gasteiger partial charge in [-0.1, -0.05) is 18.2 Å². The lowest BCUT2D eigenvalue weighted by atomic mass is 10.1. The van der Waals surface area contributed by atoms with E-state index in [9.17, 15) is 8.42 Å². The van der Waals surface area contributed by atoms with Crippen molar-refractivity contribution in [2.75, 3.05) is 31.7 Å². The number of hydrogen-bond acceptors (Lipinski definition) is 4. The van der Waals surface area contributed by atoms with Gasteiger partial charge in [0.25, 0.3) is 0 Å². The zero-order valence-corrected chi connectivity index (χ0v) is 14.5. The van der Waals surface area contributed by atoms with E-state index in [-0.39, 0.29) is 17.5 Å². The van der Waals surface area contributed by atoms with Crippen molar-refractivity contribution < 1.29 is 13.2 Å². The Morgan fingerprint density at radius 1 is 1.39 bits per heavy atom. The Morgan fingerprint density at radius 2 is 2.17 bits per heavy atom. The van der Waals surface area contributed by atoms with Crippen LogP contribution in [0.25, 0.3) is 0 Å². The first-order valence-corrected chi connectivity index (χ1v) is 9.73. The first-order valence-electron chi connectivity index (χ1n) is 7.91. The number of sulfone groups is 1. The minimum atomic E-state index is -2.89. The molecule has 0 bridgehead atoms. The summed E-state index contributed by atoms with van der Waals surface area (Å²) in [6.45, 7) is 3.33. The third-order valence-corrected chi connectivity index (χ3v) is 5.53. The van der Waals surface area contributed by atoms with Crippen LogP contribution in [0.2, 0.25) is 0 Å². The number of hydrogen-bond donors (Lipinski definition) is 2. The molecular weight excluding hydrogens is 314 g/mol. The van der Waals surface area contributed by atoms with Crippen LogP contribution in [-0.2, 0) is 16.3 Å². The van der Waals surface area contributed by atoms with Crippen LogP contribution in [-0.4, -0.2) is 52.1 Å². The lowest BCUT2D eigenvalue weighted by Crippen LogP contribution is -2.44. The van der Waals surface area contributed by atoms with Gasteiger partial charge in [-0.25, -0.2) is 8.42 Å². The third-order valence-electron chi connectivity index (χ3n) is 3.76. The highest BCUT2D eigenvalue weighted by molar-refractivity contribution is 7.91. The summed E-state index contributed by atoms with van der Waals surface area (Å²) in [4.78, 5) is 4.54. The standard InChI is InChI=1S/C16H25N3O3S/c1-3-17-16(19-14-9-11-23(20,21)12-14)18-10-8-13-6-4-5-7-15(13)22-2/h4-7,14H,3,8-12H2,1-2H3,(H2,17,18,19). The van der Waals surface area contributed by atoms with Crippen LogP contribution in [0.15, 0.2) is 29.3 Å². The number of nitrogens with one attached hydrogen (secondary N) is 2. The van der Waals surface area contributed by atoms with Gasteiger partial charge in [0.15, 0.2) is 15.8 Å². The molecule has 1 saturated heterocycles. The molecule has 6 nitrogen and oxygen atoms in total. The van der Waals surface area contributed by atoms with Gasteiger partial charge in [-0.3, -0.25) is 4.99 Å². The Kier molecular flexibility index (Phi) is 6.27. The molecule has 0 aromatic heterocycles. The summed E-state index contributed by atoms with van der Waals surface area (Å²) in [5, 5.41) is 6.38. The molecule has 0 aliphatic carbocycles. The Bertz CT molecular complexity index is 644. The van der Waals surface area contributed by atoms with Gasteiger partial charge in [-0.2, -0.15) is 0 Å². The van der Waals surface area contributed by atoms with Crippen LogP contribution >= 0.6 is 0 Å². The molecule has 1 aliphatic heterocycles. The predicted molar refractivity (Wildman–Crippen MR) is 92.9 cm³/mol. The molecule has 1 unspecified atom stereocenters. The molecule has 1 fully saturated rings. The van der Waals surface area contributed by atoms with E-state index in [1.807, 2.05) is 31.2 Å². The lowest BCUT2D eigenvalue weighted by molar-refractivity contribution is 0.410. The van der Waals surface area contributed by atoms with Crippen molar-refractivity contribution in [3.05, 3.63) is 29.8 Å². The van der Waals surface area contributed by atoms with E-state index >= 15 is 0 Å². The number of para-hydroxylation sites is 1. The van der Waals surface area contributed by atoms with Crippen molar-refractivity contribution in [2.45, 2.75) is 25.8 Å². The highest BCUT2D eigenvalue weighted by atomic mass is 32.2. The van der Waals surface area contributed by atoms with Gasteiger partial charge in [-0.05, 0) is 31.4 Å². The number of nitrogens with zero attached hydrogens (tertiary/aromatic N) is 1. The molecule has 23 heavy (non-hydrogen) atoms. The van der Waals surface area contributed by atoms with Crippen molar-refractivity contribution in [3.63, 3.8) is 0 Å². The van der Waals surface area contributed by atoms with E-state index in [1.165, 1.54) is 0 Å². The van der Waals surface area contributed by atoms with Crippen molar-refractivity contribution >= 4 is 15.8 Å². The van der Waals surface area contributed by atoms with Crippen LogP contribution in [0.5, 0.6) is 5.75 Å². The number of benzene rings is 1. The number of methoxy groups -OCH3 is 1. The molecule has 1 heterocycles. The first-order chi connectivity index (χ1) is 11.0. The molecule has 128 valence electrons. The number of guanidine groups is 1. The fourth-order valence-electron chi connectivity index (χ4n) is 2.62. The second-order valence-corrected chi connectivity index (χ2v) is 7.80. The van der Waals surface area contributed by atoms with E-state index in [0.717, 1.165) is 24.3 Å². The summed E-state index contributed by atoms with van der Waals surface area (Å²) in [5.74, 6) is 1.97. The van der Waals surface area contributed by atoms with Crippen LogP contribution in [0, 0.1) is 0 Å². The normalized spacial score (nSPS) is 20.3. The molecule has 0 saturated carbocycles. The average Bonchev–Trinajstić information content (AvgIpc) is 2.86. The van der Waals surface area contributed by atoms with Gasteiger partial charge in [0.2, 0.25) is 0 Å². The van der Waals surface area contributed by atoms with E-state index in [0.29, 0.717) is 18.9 Å². The molecule has 1 aromatic carbocycles. The minimum Gasteiger partial charge on any atom is -0.496 e. The van der Waals surface area contributed by atoms with Gasteiger partial charge >= 0.3 is 0 Å². The summed E-state index contributed by atoms with van der Waals surface area (Å²) in [6.07, 6.45) is 1.41. The van der Waals surface area contributed by atoms with Crippen molar-refractivity contribution in [2.24, 2.45) is 4.99 Å². The van der Waals surface area contributed by atoms with Crippen molar-refractivity contribution in [1.82, 2.24) is 10.6 Å². The highest BCUT2D eigenvalue weighted by Gasteiger charge is 2.28. The maximum Gasteiger partial charge on any atom is 0.191 e. The lowest BCUT2D eigenvalue weighted by Gasteiger charge is -2.16. The second kappa shape index (κ2) is 8.19. The third kappa shape index (κ3) is 5.42. The quantitative estimate of drug-likeness (QED) is 0.597. The molecule has 7 heteroatoms. The summed E-state index contributed by atoms with van der Waals surface area (Å²) in [5.41, 5.74) is 1.11. The van der Waals surface area contributed by atoms with E-state index < -0.39 is 9.84 Å². The van der Waals surface area contributed by atoms with Gasteiger partial charge in [0.05, 0.1) is 18.6 Å². The van der Waals surface area contributed by atoms with Gasteiger partial charge in [-0.15, -0.1) is 0 Å². The van der Waals surface area contributed by atoms with Crippen LogP contribution in [0.3, 0.4) is 0 Å². The fourth-order valence-corrected chi connectivity index (χ4v) is 4.29. The number of rotatable bonds is 6. The van der Waals surface area contributed by atoms with Gasteiger partial charge < -0.3 is 15.4 Å². The molecule has 1 aliphatic rings. The van der Waals surface area contributed by atoms with Crippen molar-refractivity contribution in [1.29, 1.82) is 0 Å². The zero-order chi connectivity index (χ0) is 16.7. The fraction of sp³-hybridized carbons (Fsp3) is 0.562. The Hall–Kier alpha value is -1.76. The van der Waals surface area contributed by atoms with Gasteiger partial charge in [0, 0.05) is 19.1 Å². The number of aliphatic imine (C=N–C) groups is 1. The summed E-state index contributed by atoms with van der Waals surface area (Å²) < 4.78 is 28.4. The average molecular weight is 339 g/mol. The molecule has 1 atom stereocenters. The highest BCUT2D eigenvalue weighted by Crippen LogP contribution is 2.17. The predicted octanol–water partition coefficient (Wildman–Crippen LogP) is 0.980. The Labute approximate surface area is 138 Å². The maximum atomic E-state index is 11.5. The molecular formula is C16H25N3O3S. The minimum absolute atomic E-state index is 0.0518. The zero-order valence-electron chi connectivity index (χ0n) is 13.7. The molecule has 0 amide bonds. The first kappa shape index (κ1) is 17.6. The van der Waals surface area contributed by atoms with E-state index in [4.69, 9.17) is 4.74 Å². The van der Waals surface area contributed by atoms with Gasteiger partial charge in [0.1, 0.15) is 5.75 Å². The number of ether oxygens (including phenoxy) is 1. The van der Waals surface area contributed by atoms with E-state index in [1.54, 1.807) is 7.11 Å². The largest absolute Gasteiger partial charge is 0.496 e. The van der Waals surface area contributed by atoms with Crippen LogP contribution in [0.1, 0.15) is 18.9 Å². The smallest absolute Gasteiger partial charge is 0.191 e. The summed E-state index contributed by atoms with van der Waals surface area (Å²) in [6, 6.07) is 7.83. The second-order valence-electron chi connectivity index (χ2n) is 5.57. The molecule has 0 radical (unpaired) electrons. The topological polar surface area (TPSA) is 79.8 Å². The van der Waals surface area contributed by atoms with Crippen molar-refractivity contribution in [3.8, 4) is 5.75 Å². The summed E-state index contributed by atoms with van der Waals surface area (Å²) in [7, 11) is -1.23. The Morgan fingerprint density at radius 3 is 2.83 bits per heavy atom. The maximum absolute atomic E-state index is 11.5. The monoisotopic (exact) mass is 339 g/mol.